The topological polar surface area (TPSA) is 108 Å². The minimum absolute atomic E-state index is 0.0521. The van der Waals surface area contributed by atoms with E-state index in [2.05, 4.69) is 0 Å². The van der Waals surface area contributed by atoms with Crippen LogP contribution in [0.5, 0.6) is 23.0 Å². The Morgan fingerprint density at radius 2 is 1.69 bits per heavy atom. The number of nitro groups is 1. The van der Waals surface area contributed by atoms with Gasteiger partial charge in [-0.1, -0.05) is 12.8 Å². The molecule has 9 nitrogen and oxygen atoms in total. The van der Waals surface area contributed by atoms with Crippen LogP contribution in [-0.4, -0.2) is 37.5 Å². The number of nitrogens with zero attached hydrogens (tertiary/aromatic N) is 2. The first-order chi connectivity index (χ1) is 13.9. The summed E-state index contributed by atoms with van der Waals surface area (Å²) in [6.07, 6.45) is 3.53. The Morgan fingerprint density at radius 1 is 0.966 bits per heavy atom. The van der Waals surface area contributed by atoms with E-state index in [1.54, 1.807) is 18.2 Å². The zero-order valence-corrected chi connectivity index (χ0v) is 16.4. The zero-order chi connectivity index (χ0) is 20.4. The van der Waals surface area contributed by atoms with Gasteiger partial charge in [-0.15, -0.1) is 0 Å². The summed E-state index contributed by atoms with van der Waals surface area (Å²) in [5.41, 5.74) is -0.418. The van der Waals surface area contributed by atoms with Crippen LogP contribution in [-0.2, 0) is 10.0 Å². The Labute approximate surface area is 168 Å². The molecule has 2 aliphatic rings. The summed E-state index contributed by atoms with van der Waals surface area (Å²) >= 11 is 0. The standard InChI is InChI=1S/C19H20N2O7S/c22-21(23)16-12-15(29(24,25)20-9-3-1-2-4-10-20)6-8-17(16)28-14-5-7-18-19(11-14)27-13-26-18/h5-8,11-12H,1-4,9-10,13H2. The van der Waals surface area contributed by atoms with Crippen molar-refractivity contribution in [3.63, 3.8) is 0 Å². The van der Waals surface area contributed by atoms with E-state index in [4.69, 9.17) is 14.2 Å². The molecule has 2 heterocycles. The van der Waals surface area contributed by atoms with E-state index in [0.29, 0.717) is 30.3 Å². The maximum Gasteiger partial charge on any atom is 0.312 e. The van der Waals surface area contributed by atoms with Crippen LogP contribution in [0.25, 0.3) is 0 Å². The van der Waals surface area contributed by atoms with E-state index in [9.17, 15) is 18.5 Å². The van der Waals surface area contributed by atoms with Crippen molar-refractivity contribution in [2.45, 2.75) is 30.6 Å². The highest BCUT2D eigenvalue weighted by Crippen LogP contribution is 2.39. The van der Waals surface area contributed by atoms with Crippen molar-refractivity contribution >= 4 is 15.7 Å². The third kappa shape index (κ3) is 3.99. The van der Waals surface area contributed by atoms with Crippen LogP contribution in [0.4, 0.5) is 5.69 Å². The SMILES string of the molecule is O=[N+]([O-])c1cc(S(=O)(=O)N2CCCCCC2)ccc1Oc1ccc2c(c1)OCO2. The molecule has 0 spiro atoms. The normalized spacial score (nSPS) is 17.0. The minimum Gasteiger partial charge on any atom is -0.454 e. The second kappa shape index (κ2) is 7.88. The fourth-order valence-electron chi connectivity index (χ4n) is 3.39. The van der Waals surface area contributed by atoms with Gasteiger partial charge in [0.05, 0.1) is 9.82 Å². The van der Waals surface area contributed by atoms with Crippen molar-refractivity contribution in [2.75, 3.05) is 19.9 Å². The van der Waals surface area contributed by atoms with Gasteiger partial charge in [0.2, 0.25) is 22.6 Å². The molecule has 154 valence electrons. The van der Waals surface area contributed by atoms with E-state index in [1.807, 2.05) is 0 Å². The molecule has 0 amide bonds. The maximum absolute atomic E-state index is 12.9. The average Bonchev–Trinajstić information content (AvgIpc) is 2.98. The monoisotopic (exact) mass is 420 g/mol. The van der Waals surface area contributed by atoms with E-state index in [0.717, 1.165) is 31.7 Å². The zero-order valence-electron chi connectivity index (χ0n) is 15.6. The first-order valence-electron chi connectivity index (χ1n) is 9.31. The van der Waals surface area contributed by atoms with E-state index >= 15 is 0 Å². The number of fused-ring (bicyclic) bond motifs is 1. The summed E-state index contributed by atoms with van der Waals surface area (Å²) in [5.74, 6) is 1.31. The van der Waals surface area contributed by atoms with Gasteiger partial charge in [-0.3, -0.25) is 10.1 Å². The molecule has 0 radical (unpaired) electrons. The number of ether oxygens (including phenoxy) is 3. The van der Waals surface area contributed by atoms with Crippen LogP contribution in [0.1, 0.15) is 25.7 Å². The molecule has 29 heavy (non-hydrogen) atoms. The summed E-state index contributed by atoms with van der Waals surface area (Å²) in [6, 6.07) is 8.51. The van der Waals surface area contributed by atoms with Gasteiger partial charge < -0.3 is 14.2 Å². The molecule has 2 aromatic carbocycles. The first kappa shape index (κ1) is 19.5. The fraction of sp³-hybridized carbons (Fsp3) is 0.368. The molecule has 2 aromatic rings. The van der Waals surface area contributed by atoms with Crippen LogP contribution in [0.3, 0.4) is 0 Å². The molecule has 0 unspecified atom stereocenters. The minimum atomic E-state index is -3.80. The predicted molar refractivity (Wildman–Crippen MR) is 103 cm³/mol. The Balaban J connectivity index is 1.64. The Kier molecular flexibility index (Phi) is 5.29. The lowest BCUT2D eigenvalue weighted by atomic mass is 10.2. The molecule has 0 aromatic heterocycles. The van der Waals surface area contributed by atoms with Gasteiger partial charge in [0.25, 0.3) is 0 Å². The molecular weight excluding hydrogens is 400 g/mol. The van der Waals surface area contributed by atoms with Crippen molar-refractivity contribution < 1.29 is 27.6 Å². The van der Waals surface area contributed by atoms with Gasteiger partial charge >= 0.3 is 5.69 Å². The van der Waals surface area contributed by atoms with Crippen LogP contribution >= 0.6 is 0 Å². The van der Waals surface area contributed by atoms with Crippen LogP contribution in [0.15, 0.2) is 41.3 Å². The highest BCUT2D eigenvalue weighted by atomic mass is 32.2. The van der Waals surface area contributed by atoms with Crippen molar-refractivity contribution in [1.82, 2.24) is 4.31 Å². The Hall–Kier alpha value is -2.85. The summed E-state index contributed by atoms with van der Waals surface area (Å²) in [4.78, 5) is 10.8. The van der Waals surface area contributed by atoms with Crippen LogP contribution in [0, 0.1) is 10.1 Å². The van der Waals surface area contributed by atoms with Gasteiger partial charge in [0.1, 0.15) is 5.75 Å². The summed E-state index contributed by atoms with van der Waals surface area (Å²) in [6.45, 7) is 0.944. The second-order valence-corrected chi connectivity index (χ2v) is 8.76. The molecule has 0 bridgehead atoms. The lowest BCUT2D eigenvalue weighted by Gasteiger charge is -2.20. The van der Waals surface area contributed by atoms with E-state index in [1.165, 1.54) is 16.4 Å². The number of hydrogen-bond acceptors (Lipinski definition) is 7. The second-order valence-electron chi connectivity index (χ2n) is 6.82. The number of sulfonamides is 1. The number of hydrogen-bond donors (Lipinski definition) is 0. The van der Waals surface area contributed by atoms with Crippen molar-refractivity contribution in [1.29, 1.82) is 0 Å². The highest BCUT2D eigenvalue weighted by Gasteiger charge is 2.28. The van der Waals surface area contributed by atoms with Gasteiger partial charge in [-0.05, 0) is 37.1 Å². The quantitative estimate of drug-likeness (QED) is 0.536. The number of rotatable bonds is 5. The maximum atomic E-state index is 12.9. The largest absolute Gasteiger partial charge is 0.454 e. The van der Waals surface area contributed by atoms with E-state index < -0.39 is 20.6 Å². The van der Waals surface area contributed by atoms with Gasteiger partial charge in [-0.2, -0.15) is 4.31 Å². The van der Waals surface area contributed by atoms with Gasteiger partial charge in [0.15, 0.2) is 11.5 Å². The first-order valence-corrected chi connectivity index (χ1v) is 10.8. The van der Waals surface area contributed by atoms with Crippen molar-refractivity contribution in [3.05, 3.63) is 46.5 Å². The Morgan fingerprint density at radius 3 is 2.41 bits per heavy atom. The molecule has 1 fully saturated rings. The molecular formula is C19H20N2O7S. The van der Waals surface area contributed by atoms with Gasteiger partial charge in [0, 0.05) is 25.2 Å². The molecule has 1 saturated heterocycles. The average molecular weight is 420 g/mol. The fourth-order valence-corrected chi connectivity index (χ4v) is 4.92. The molecule has 4 rings (SSSR count). The molecule has 0 saturated carbocycles. The third-order valence-corrected chi connectivity index (χ3v) is 6.80. The summed E-state index contributed by atoms with van der Waals surface area (Å²) < 4.78 is 43.4. The van der Waals surface area contributed by atoms with Crippen molar-refractivity contribution in [2.24, 2.45) is 0 Å². The lowest BCUT2D eigenvalue weighted by molar-refractivity contribution is -0.385. The number of benzene rings is 2. The summed E-state index contributed by atoms with van der Waals surface area (Å²) in [7, 11) is -3.80. The van der Waals surface area contributed by atoms with Gasteiger partial charge in [-0.25, -0.2) is 8.42 Å². The Bertz CT molecular complexity index is 1030. The van der Waals surface area contributed by atoms with Crippen molar-refractivity contribution in [3.8, 4) is 23.0 Å². The highest BCUT2D eigenvalue weighted by molar-refractivity contribution is 7.89. The third-order valence-electron chi connectivity index (χ3n) is 4.90. The molecule has 2 aliphatic heterocycles. The predicted octanol–water partition coefficient (Wildman–Crippen LogP) is 3.68. The lowest BCUT2D eigenvalue weighted by Crippen LogP contribution is -2.31. The number of nitro benzene ring substituents is 1. The molecule has 0 atom stereocenters. The van der Waals surface area contributed by atoms with Crippen LogP contribution in [0.2, 0.25) is 0 Å². The van der Waals surface area contributed by atoms with E-state index in [-0.39, 0.29) is 17.4 Å². The molecule has 0 aliphatic carbocycles. The molecule has 0 N–H and O–H groups in total. The summed E-state index contributed by atoms with van der Waals surface area (Å²) in [5, 5.41) is 11.6. The smallest absolute Gasteiger partial charge is 0.312 e. The molecule has 10 heteroatoms. The van der Waals surface area contributed by atoms with Crippen LogP contribution < -0.4 is 14.2 Å².